The van der Waals surface area contributed by atoms with Gasteiger partial charge in [0.1, 0.15) is 12.1 Å². The first-order valence-electron chi connectivity index (χ1n) is 26.6. The molecule has 2 saturated heterocycles. The Balaban J connectivity index is 1.49. The van der Waals surface area contributed by atoms with E-state index in [-0.39, 0.29) is 66.7 Å². The van der Waals surface area contributed by atoms with E-state index in [1.807, 2.05) is 71.9 Å². The quantitative estimate of drug-likeness (QED) is 0.0594. The van der Waals surface area contributed by atoms with Crippen LogP contribution in [0.3, 0.4) is 0 Å². The summed E-state index contributed by atoms with van der Waals surface area (Å²) in [6, 6.07) is 5.27. The van der Waals surface area contributed by atoms with E-state index in [2.05, 4.69) is 13.0 Å². The number of nitro benzene ring substituents is 1. The van der Waals surface area contributed by atoms with Crippen molar-refractivity contribution in [2.24, 2.45) is 53.3 Å². The molecule has 3 heterocycles. The Morgan fingerprint density at radius 1 is 0.817 bits per heavy atom. The number of benzene rings is 1. The Labute approximate surface area is 422 Å². The number of esters is 1. The number of non-ortho nitro benzene ring substituents is 1. The van der Waals surface area contributed by atoms with Gasteiger partial charge in [-0.15, -0.1) is 0 Å². The predicted octanol–water partition coefficient (Wildman–Crippen LogP) is 8.76. The zero-order valence-corrected chi connectivity index (χ0v) is 43.9. The standard InChI is InChI=1S/C57H86N2O12/c1-34-15-11-10-12-16-35(2)45(31-43-19-22-46(23-20-43)59(68)69)32-47-24-18-41(8)57(67,71-47)54(64)55(65)58-26-14-13-17-48(58)56(66)70-51(38(5)30-44-21-25-49(60)37(4)29-44)33-50(61)36(3)28-40(7)53(63)42(9)52(62)39(6)27-34/h10-12,15-16,19-20,22-23,28,34,36-39,41-42,44-45,47-53,60-63,67H,13-14,17-18,21,24-27,29-33H2,1-9H3/b12-10+,15-11+,35-16+,40-28+/t34-,36-,37-,38-,39-,41-,42+,44-,45+,47?,48+,49-,50?,51+,52+,53-,57-/m1/s1. The molecule has 1 amide bonds. The van der Waals surface area contributed by atoms with Crippen molar-refractivity contribution in [3.8, 4) is 0 Å². The summed E-state index contributed by atoms with van der Waals surface area (Å²) < 4.78 is 12.7. The smallest absolute Gasteiger partial charge is 0.329 e. The summed E-state index contributed by atoms with van der Waals surface area (Å²) in [5, 5.41) is 68.9. The van der Waals surface area contributed by atoms with Gasteiger partial charge in [0, 0.05) is 42.9 Å². The van der Waals surface area contributed by atoms with Crippen LogP contribution in [0.4, 0.5) is 5.69 Å². The second-order valence-corrected chi connectivity index (χ2v) is 22.5. The molecule has 0 spiro atoms. The molecule has 5 N–H and O–H groups in total. The fourth-order valence-electron chi connectivity index (χ4n) is 11.7. The molecule has 2 unspecified atom stereocenters. The number of nitro groups is 1. The van der Waals surface area contributed by atoms with Crippen molar-refractivity contribution in [1.29, 1.82) is 0 Å². The van der Waals surface area contributed by atoms with E-state index >= 15 is 0 Å². The molecule has 396 valence electrons. The lowest BCUT2D eigenvalue weighted by Gasteiger charge is -2.43. The highest BCUT2D eigenvalue weighted by Crippen LogP contribution is 2.39. The number of hydrogen-bond acceptors (Lipinski definition) is 12. The summed E-state index contributed by atoms with van der Waals surface area (Å²) >= 11 is 0. The Morgan fingerprint density at radius 2 is 1.52 bits per heavy atom. The minimum atomic E-state index is -2.46. The first-order valence-corrected chi connectivity index (χ1v) is 26.6. The van der Waals surface area contributed by atoms with Crippen LogP contribution in [-0.4, -0.2) is 108 Å². The molecule has 1 aromatic carbocycles. The van der Waals surface area contributed by atoms with Crippen LogP contribution in [0.2, 0.25) is 0 Å². The van der Waals surface area contributed by atoms with Gasteiger partial charge in [-0.2, -0.15) is 0 Å². The number of carbonyl (C=O) groups excluding carboxylic acids is 3. The van der Waals surface area contributed by atoms with E-state index in [4.69, 9.17) is 9.47 Å². The van der Waals surface area contributed by atoms with Gasteiger partial charge in [0.15, 0.2) is 0 Å². The Kier molecular flexibility index (Phi) is 21.4. The molecular weight excluding hydrogens is 905 g/mol. The second kappa shape index (κ2) is 26.2. The largest absolute Gasteiger partial charge is 0.460 e. The van der Waals surface area contributed by atoms with Crippen molar-refractivity contribution >= 4 is 23.3 Å². The third-order valence-electron chi connectivity index (χ3n) is 16.6. The van der Waals surface area contributed by atoms with Crippen molar-refractivity contribution in [1.82, 2.24) is 4.90 Å². The number of rotatable bonds is 6. The first kappa shape index (κ1) is 57.8. The molecule has 1 saturated carbocycles. The highest BCUT2D eigenvalue weighted by Gasteiger charge is 2.53. The van der Waals surface area contributed by atoms with E-state index in [1.54, 1.807) is 26.0 Å². The number of allylic oxidation sites excluding steroid dienone is 6. The summed E-state index contributed by atoms with van der Waals surface area (Å²) in [6.07, 6.45) is 14.0. The predicted molar refractivity (Wildman–Crippen MR) is 273 cm³/mol. The summed E-state index contributed by atoms with van der Waals surface area (Å²) in [5.41, 5.74) is 2.42. The zero-order valence-electron chi connectivity index (χ0n) is 43.9. The number of hydrogen-bond donors (Lipinski definition) is 5. The highest BCUT2D eigenvalue weighted by molar-refractivity contribution is 6.39. The lowest BCUT2D eigenvalue weighted by molar-refractivity contribution is -0.384. The normalized spacial score (nSPS) is 39.9. The molecule has 14 heteroatoms. The maximum Gasteiger partial charge on any atom is 0.329 e. The molecule has 1 aliphatic carbocycles. The molecule has 17 atom stereocenters. The number of fused-ring (bicyclic) bond motifs is 3. The van der Waals surface area contributed by atoms with Crippen molar-refractivity contribution in [3.63, 3.8) is 0 Å². The van der Waals surface area contributed by atoms with Crippen LogP contribution >= 0.6 is 0 Å². The van der Waals surface area contributed by atoms with Crippen LogP contribution in [0.5, 0.6) is 0 Å². The average molecular weight is 991 g/mol. The third kappa shape index (κ3) is 15.5. The SMILES string of the molecule is C\C1=C/C=C/C=C/[C@@H](C)C[C@@H](C)[C@H](O)[C@H](C)[C@H](O)/C(C)=C/[C@@H](C)C(O)C[C@@H]([C@H](C)C[C@@H]2CC[C@@H](O)[C@H](C)C2)OC(=O)[C@@H]2CCCCN2C(=O)C(=O)[C@]2(O)OC(CC[C@H]2C)C[C@@H]1Cc1ccc([N+](=O)[O-])cc1. The molecule has 1 aromatic rings. The van der Waals surface area contributed by atoms with Crippen LogP contribution in [-0.2, 0) is 30.3 Å². The van der Waals surface area contributed by atoms with Crippen molar-refractivity contribution in [2.75, 3.05) is 6.54 Å². The number of ether oxygens (including phenoxy) is 2. The number of nitrogens with zero attached hydrogens (tertiary/aromatic N) is 2. The van der Waals surface area contributed by atoms with Crippen LogP contribution < -0.4 is 0 Å². The number of aliphatic hydroxyl groups is 5. The second-order valence-electron chi connectivity index (χ2n) is 22.5. The van der Waals surface area contributed by atoms with Gasteiger partial charge in [0.2, 0.25) is 5.79 Å². The van der Waals surface area contributed by atoms with E-state index < -0.39 is 82.7 Å². The Bertz CT molecular complexity index is 2070. The van der Waals surface area contributed by atoms with Gasteiger partial charge in [-0.1, -0.05) is 103 Å². The number of aliphatic hydroxyl groups excluding tert-OH is 4. The summed E-state index contributed by atoms with van der Waals surface area (Å²) in [5.74, 6) is -7.06. The third-order valence-corrected chi connectivity index (χ3v) is 16.6. The van der Waals surface area contributed by atoms with Gasteiger partial charge in [0.25, 0.3) is 17.4 Å². The maximum atomic E-state index is 14.5. The number of piperidine rings is 1. The summed E-state index contributed by atoms with van der Waals surface area (Å²) in [6.45, 7) is 17.3. The molecule has 3 aliphatic heterocycles. The molecule has 3 fully saturated rings. The number of carbonyl (C=O) groups is 3. The Hall–Kier alpha value is -4.05. The topological polar surface area (TPSA) is 217 Å². The van der Waals surface area contributed by atoms with Crippen LogP contribution in [0.25, 0.3) is 0 Å². The van der Waals surface area contributed by atoms with Crippen molar-refractivity contribution in [3.05, 3.63) is 87.5 Å². The van der Waals surface area contributed by atoms with Gasteiger partial charge in [-0.3, -0.25) is 19.7 Å². The van der Waals surface area contributed by atoms with Gasteiger partial charge in [-0.05, 0) is 138 Å². The first-order chi connectivity index (χ1) is 33.5. The molecule has 71 heavy (non-hydrogen) atoms. The fourth-order valence-corrected chi connectivity index (χ4v) is 11.7. The van der Waals surface area contributed by atoms with Gasteiger partial charge in [0.05, 0.1) is 35.4 Å². The molecule has 0 radical (unpaired) electrons. The lowest BCUT2D eigenvalue weighted by Crippen LogP contribution is -2.60. The number of ketones is 1. The van der Waals surface area contributed by atoms with Gasteiger partial charge in [-0.25, -0.2) is 4.79 Å². The van der Waals surface area contributed by atoms with Crippen molar-refractivity contribution < 1.29 is 54.3 Å². The highest BCUT2D eigenvalue weighted by atomic mass is 16.6. The average Bonchev–Trinajstić information content (AvgIpc) is 3.34. The molecular formula is C57H86N2O12. The molecule has 14 nitrogen and oxygen atoms in total. The maximum absolute atomic E-state index is 14.5. The molecule has 2 bridgehead atoms. The van der Waals surface area contributed by atoms with E-state index in [0.717, 1.165) is 24.0 Å². The number of Topliss-reactive ketones (excluding diaryl/α,β-unsaturated/α-hetero) is 1. The Morgan fingerprint density at radius 3 is 2.20 bits per heavy atom. The van der Waals surface area contributed by atoms with Crippen LogP contribution in [0.15, 0.2) is 71.9 Å². The zero-order chi connectivity index (χ0) is 52.3. The van der Waals surface area contributed by atoms with Crippen molar-refractivity contribution in [2.45, 2.75) is 194 Å². The molecule has 0 aromatic heterocycles. The summed E-state index contributed by atoms with van der Waals surface area (Å²) in [4.78, 5) is 55.6. The number of amides is 1. The minimum Gasteiger partial charge on any atom is -0.460 e. The minimum absolute atomic E-state index is 0.0224. The van der Waals surface area contributed by atoms with E-state index in [1.165, 1.54) is 17.0 Å². The van der Waals surface area contributed by atoms with Crippen LogP contribution in [0.1, 0.15) is 145 Å². The lowest BCUT2D eigenvalue weighted by atomic mass is 9.75. The van der Waals surface area contributed by atoms with Crippen LogP contribution in [0, 0.1) is 63.4 Å². The van der Waals surface area contributed by atoms with E-state index in [9.17, 15) is 50.0 Å². The van der Waals surface area contributed by atoms with Gasteiger partial charge >= 0.3 is 5.97 Å². The molecule has 4 aliphatic rings. The monoisotopic (exact) mass is 991 g/mol. The fraction of sp³-hybridized carbons (Fsp3) is 0.702. The number of cyclic esters (lactones) is 1. The summed E-state index contributed by atoms with van der Waals surface area (Å²) in [7, 11) is 0. The molecule has 5 rings (SSSR count). The van der Waals surface area contributed by atoms with Gasteiger partial charge < -0.3 is 39.9 Å². The van der Waals surface area contributed by atoms with E-state index in [0.29, 0.717) is 63.4 Å².